The summed E-state index contributed by atoms with van der Waals surface area (Å²) >= 11 is 3.43. The van der Waals surface area contributed by atoms with Crippen molar-refractivity contribution in [2.24, 2.45) is 0 Å². The molecule has 0 aliphatic heterocycles. The standard InChI is InChI=1S/C17H17BrN4O2/c1-11-6-7-12(10-13(11)18)20-16(23)19-8-9-22-15-5-3-2-4-14(15)21-17(22)24/h2-7,10H,8-9H2,1H3,(H,21,24)(H2,19,20,23). The van der Waals surface area contributed by atoms with Gasteiger partial charge in [-0.25, -0.2) is 9.59 Å². The van der Waals surface area contributed by atoms with Gasteiger partial charge in [-0.15, -0.1) is 0 Å². The molecule has 3 rings (SSSR count). The molecule has 0 fully saturated rings. The number of para-hydroxylation sites is 2. The lowest BCUT2D eigenvalue weighted by Crippen LogP contribution is -2.33. The predicted octanol–water partition coefficient (Wildman–Crippen LogP) is 3.22. The van der Waals surface area contributed by atoms with E-state index in [9.17, 15) is 9.59 Å². The Morgan fingerprint density at radius 2 is 2.04 bits per heavy atom. The summed E-state index contributed by atoms with van der Waals surface area (Å²) in [5, 5.41) is 5.52. The van der Waals surface area contributed by atoms with Gasteiger partial charge in [0.1, 0.15) is 0 Å². The highest BCUT2D eigenvalue weighted by molar-refractivity contribution is 9.10. The molecule has 0 aliphatic rings. The maximum Gasteiger partial charge on any atom is 0.326 e. The van der Waals surface area contributed by atoms with Crippen molar-refractivity contribution in [1.29, 1.82) is 0 Å². The molecule has 0 saturated carbocycles. The first-order chi connectivity index (χ1) is 11.5. The number of rotatable bonds is 4. The summed E-state index contributed by atoms with van der Waals surface area (Å²) in [5.74, 6) is 0. The fraction of sp³-hybridized carbons (Fsp3) is 0.176. The molecule has 0 spiro atoms. The molecule has 0 unspecified atom stereocenters. The summed E-state index contributed by atoms with van der Waals surface area (Å²) in [4.78, 5) is 26.7. The minimum Gasteiger partial charge on any atom is -0.336 e. The monoisotopic (exact) mass is 388 g/mol. The Balaban J connectivity index is 1.59. The number of aromatic amines is 1. The van der Waals surface area contributed by atoms with Gasteiger partial charge < -0.3 is 15.6 Å². The molecule has 0 radical (unpaired) electrons. The molecule has 0 atom stereocenters. The van der Waals surface area contributed by atoms with E-state index in [2.05, 4.69) is 31.5 Å². The van der Waals surface area contributed by atoms with Gasteiger partial charge in [0, 0.05) is 23.2 Å². The molecular formula is C17H17BrN4O2. The van der Waals surface area contributed by atoms with Crippen LogP contribution in [0.15, 0.2) is 51.7 Å². The number of benzene rings is 2. The number of hydrogen-bond donors (Lipinski definition) is 3. The number of urea groups is 1. The average Bonchev–Trinajstić information content (AvgIpc) is 2.87. The summed E-state index contributed by atoms with van der Waals surface area (Å²) in [7, 11) is 0. The fourth-order valence-corrected chi connectivity index (χ4v) is 2.83. The number of hydrogen-bond acceptors (Lipinski definition) is 2. The molecule has 2 amide bonds. The van der Waals surface area contributed by atoms with Crippen LogP contribution >= 0.6 is 15.9 Å². The van der Waals surface area contributed by atoms with E-state index in [1.165, 1.54) is 0 Å². The zero-order valence-electron chi connectivity index (χ0n) is 13.1. The Bertz CT molecular complexity index is 945. The number of aromatic nitrogens is 2. The highest BCUT2D eigenvalue weighted by Crippen LogP contribution is 2.20. The topological polar surface area (TPSA) is 78.9 Å². The van der Waals surface area contributed by atoms with Crippen LogP contribution < -0.4 is 16.3 Å². The van der Waals surface area contributed by atoms with Crippen molar-refractivity contribution in [2.45, 2.75) is 13.5 Å². The van der Waals surface area contributed by atoms with Crippen LogP contribution in [0.1, 0.15) is 5.56 Å². The number of carbonyl (C=O) groups is 1. The Labute approximate surface area is 147 Å². The van der Waals surface area contributed by atoms with E-state index < -0.39 is 0 Å². The molecule has 3 aromatic rings. The smallest absolute Gasteiger partial charge is 0.326 e. The van der Waals surface area contributed by atoms with Crippen LogP contribution in [-0.2, 0) is 6.54 Å². The molecule has 7 heteroatoms. The lowest BCUT2D eigenvalue weighted by molar-refractivity contribution is 0.251. The Morgan fingerprint density at radius 3 is 2.83 bits per heavy atom. The molecule has 0 saturated heterocycles. The van der Waals surface area contributed by atoms with Crippen molar-refractivity contribution in [3.05, 3.63) is 63.0 Å². The van der Waals surface area contributed by atoms with Gasteiger partial charge >= 0.3 is 11.7 Å². The minimum atomic E-state index is -0.307. The second-order valence-electron chi connectivity index (χ2n) is 5.44. The maximum absolute atomic E-state index is 12.0. The van der Waals surface area contributed by atoms with Crippen molar-refractivity contribution in [1.82, 2.24) is 14.9 Å². The highest BCUT2D eigenvalue weighted by atomic mass is 79.9. The van der Waals surface area contributed by atoms with Crippen LogP contribution in [0.25, 0.3) is 11.0 Å². The number of amides is 2. The molecule has 6 nitrogen and oxygen atoms in total. The summed E-state index contributed by atoms with van der Waals surface area (Å²) in [6.07, 6.45) is 0. The maximum atomic E-state index is 12.0. The van der Waals surface area contributed by atoms with Crippen LogP contribution in [0.4, 0.5) is 10.5 Å². The van der Waals surface area contributed by atoms with Gasteiger partial charge in [0.15, 0.2) is 0 Å². The minimum absolute atomic E-state index is 0.180. The molecule has 2 aromatic carbocycles. The molecule has 1 heterocycles. The predicted molar refractivity (Wildman–Crippen MR) is 98.5 cm³/mol. The Hall–Kier alpha value is -2.54. The third-order valence-corrected chi connectivity index (χ3v) is 4.59. The first-order valence-electron chi connectivity index (χ1n) is 7.53. The first-order valence-corrected chi connectivity index (χ1v) is 8.32. The van der Waals surface area contributed by atoms with E-state index >= 15 is 0 Å². The van der Waals surface area contributed by atoms with Crippen molar-refractivity contribution >= 4 is 38.7 Å². The van der Waals surface area contributed by atoms with Gasteiger partial charge in [-0.1, -0.05) is 34.1 Å². The van der Waals surface area contributed by atoms with Gasteiger partial charge in [-0.2, -0.15) is 0 Å². The summed E-state index contributed by atoms with van der Waals surface area (Å²) in [5.41, 5.74) is 3.23. The van der Waals surface area contributed by atoms with Crippen LogP contribution in [0.5, 0.6) is 0 Å². The van der Waals surface area contributed by atoms with Gasteiger partial charge in [0.25, 0.3) is 0 Å². The van der Waals surface area contributed by atoms with E-state index in [0.717, 1.165) is 21.1 Å². The summed E-state index contributed by atoms with van der Waals surface area (Å²) < 4.78 is 2.54. The fourth-order valence-electron chi connectivity index (χ4n) is 2.46. The largest absolute Gasteiger partial charge is 0.336 e. The number of aryl methyl sites for hydroxylation is 1. The van der Waals surface area contributed by atoms with E-state index in [4.69, 9.17) is 0 Å². The van der Waals surface area contributed by atoms with Gasteiger partial charge in [-0.05, 0) is 36.8 Å². The molecule has 1 aromatic heterocycles. The van der Waals surface area contributed by atoms with Crippen LogP contribution in [0.3, 0.4) is 0 Å². The van der Waals surface area contributed by atoms with Crippen molar-refractivity contribution in [3.8, 4) is 0 Å². The SMILES string of the molecule is Cc1ccc(NC(=O)NCCn2c(=O)[nH]c3ccccc32)cc1Br. The van der Waals surface area contributed by atoms with Crippen molar-refractivity contribution in [2.75, 3.05) is 11.9 Å². The summed E-state index contributed by atoms with van der Waals surface area (Å²) in [6.45, 7) is 2.72. The van der Waals surface area contributed by atoms with E-state index in [1.807, 2.05) is 49.4 Å². The lowest BCUT2D eigenvalue weighted by atomic mass is 10.2. The number of H-pyrrole nitrogens is 1. The third kappa shape index (κ3) is 3.51. The van der Waals surface area contributed by atoms with Crippen LogP contribution in [0.2, 0.25) is 0 Å². The second kappa shape index (κ2) is 6.92. The number of halogens is 1. The molecule has 124 valence electrons. The lowest BCUT2D eigenvalue weighted by Gasteiger charge is -2.09. The first kappa shape index (κ1) is 16.3. The normalized spacial score (nSPS) is 10.8. The van der Waals surface area contributed by atoms with Crippen LogP contribution in [0, 0.1) is 6.92 Å². The van der Waals surface area contributed by atoms with Crippen molar-refractivity contribution in [3.63, 3.8) is 0 Å². The molecule has 3 N–H and O–H groups in total. The molecule has 24 heavy (non-hydrogen) atoms. The number of carbonyl (C=O) groups excluding carboxylic acids is 1. The zero-order chi connectivity index (χ0) is 17.1. The molecule has 0 bridgehead atoms. The number of fused-ring (bicyclic) bond motifs is 1. The van der Waals surface area contributed by atoms with Gasteiger partial charge in [0.2, 0.25) is 0 Å². The summed E-state index contributed by atoms with van der Waals surface area (Å²) in [6, 6.07) is 12.8. The number of nitrogens with one attached hydrogen (secondary N) is 3. The zero-order valence-corrected chi connectivity index (χ0v) is 14.7. The Morgan fingerprint density at radius 1 is 1.25 bits per heavy atom. The second-order valence-corrected chi connectivity index (χ2v) is 6.30. The number of imidazole rings is 1. The number of nitrogens with zero attached hydrogens (tertiary/aromatic N) is 1. The number of anilines is 1. The average molecular weight is 389 g/mol. The molecule has 0 aliphatic carbocycles. The van der Waals surface area contributed by atoms with E-state index in [-0.39, 0.29) is 11.7 Å². The quantitative estimate of drug-likeness (QED) is 0.641. The van der Waals surface area contributed by atoms with Gasteiger partial charge in [-0.3, -0.25) is 4.57 Å². The van der Waals surface area contributed by atoms with Crippen LogP contribution in [-0.4, -0.2) is 22.1 Å². The molecular weight excluding hydrogens is 372 g/mol. The third-order valence-electron chi connectivity index (χ3n) is 3.73. The van der Waals surface area contributed by atoms with E-state index in [1.54, 1.807) is 4.57 Å². The van der Waals surface area contributed by atoms with Gasteiger partial charge in [0.05, 0.1) is 11.0 Å². The Kier molecular flexibility index (Phi) is 4.71. The van der Waals surface area contributed by atoms with Crippen molar-refractivity contribution < 1.29 is 4.79 Å². The van der Waals surface area contributed by atoms with E-state index in [0.29, 0.717) is 18.8 Å². The highest BCUT2D eigenvalue weighted by Gasteiger charge is 2.07.